The quantitative estimate of drug-likeness (QED) is 0.885. The zero-order chi connectivity index (χ0) is 13.1. The Bertz CT molecular complexity index is 393. The van der Waals surface area contributed by atoms with Crippen LogP contribution in [0, 0.1) is 6.92 Å². The molecule has 4 atom stereocenters. The monoisotopic (exact) mass is 252 g/mol. The van der Waals surface area contributed by atoms with Crippen molar-refractivity contribution >= 4 is 0 Å². The van der Waals surface area contributed by atoms with Gasteiger partial charge in [-0.15, -0.1) is 0 Å². The van der Waals surface area contributed by atoms with Crippen LogP contribution in [0.5, 0.6) is 0 Å². The van der Waals surface area contributed by atoms with E-state index < -0.39 is 12.4 Å². The topological polar surface area (TPSA) is 47.9 Å². The molecular formula is C14H20O4. The first-order valence-corrected chi connectivity index (χ1v) is 6.16. The van der Waals surface area contributed by atoms with E-state index in [1.807, 2.05) is 38.1 Å². The van der Waals surface area contributed by atoms with E-state index in [0.29, 0.717) is 6.61 Å². The van der Waals surface area contributed by atoms with E-state index in [1.165, 1.54) is 12.7 Å². The molecule has 4 nitrogen and oxygen atoms in total. The summed E-state index contributed by atoms with van der Waals surface area (Å²) in [5.74, 6) is 0. The Morgan fingerprint density at radius 2 is 2.06 bits per heavy atom. The lowest BCUT2D eigenvalue weighted by Crippen LogP contribution is -2.34. The average molecular weight is 252 g/mol. The second kappa shape index (κ2) is 5.80. The van der Waals surface area contributed by atoms with Gasteiger partial charge in [-0.25, -0.2) is 0 Å². The van der Waals surface area contributed by atoms with E-state index in [9.17, 15) is 5.11 Å². The molecular weight excluding hydrogens is 232 g/mol. The predicted octanol–water partition coefficient (Wildman–Crippen LogP) is 1.63. The van der Waals surface area contributed by atoms with E-state index >= 15 is 0 Å². The van der Waals surface area contributed by atoms with Gasteiger partial charge >= 0.3 is 0 Å². The fourth-order valence-corrected chi connectivity index (χ4v) is 2.19. The molecule has 0 unspecified atom stereocenters. The van der Waals surface area contributed by atoms with Gasteiger partial charge in [-0.3, -0.25) is 0 Å². The molecule has 1 aliphatic rings. The Kier molecular flexibility index (Phi) is 4.35. The minimum Gasteiger partial charge on any atom is -0.385 e. The van der Waals surface area contributed by atoms with Crippen molar-refractivity contribution in [2.24, 2.45) is 0 Å². The number of ether oxygens (including phenoxy) is 3. The molecule has 2 rings (SSSR count). The van der Waals surface area contributed by atoms with Crippen molar-refractivity contribution in [2.75, 3.05) is 7.11 Å². The molecule has 0 spiro atoms. The van der Waals surface area contributed by atoms with E-state index in [0.717, 1.165) is 5.56 Å². The maximum atomic E-state index is 9.99. The molecule has 1 fully saturated rings. The highest BCUT2D eigenvalue weighted by atomic mass is 16.7. The van der Waals surface area contributed by atoms with Gasteiger partial charge in [-0.1, -0.05) is 24.3 Å². The maximum Gasteiger partial charge on any atom is 0.186 e. The summed E-state index contributed by atoms with van der Waals surface area (Å²) in [7, 11) is 1.52. The number of aliphatic hydroxyl groups excluding tert-OH is 1. The van der Waals surface area contributed by atoms with Crippen LogP contribution in [-0.2, 0) is 20.8 Å². The fraction of sp³-hybridized carbons (Fsp3) is 0.571. The normalized spacial score (nSPS) is 31.8. The minimum atomic E-state index is -0.742. The lowest BCUT2D eigenvalue weighted by Gasteiger charge is -2.19. The van der Waals surface area contributed by atoms with Gasteiger partial charge in [-0.05, 0) is 25.0 Å². The Morgan fingerprint density at radius 3 is 2.67 bits per heavy atom. The first kappa shape index (κ1) is 13.5. The Labute approximate surface area is 107 Å². The van der Waals surface area contributed by atoms with Crippen molar-refractivity contribution in [3.63, 3.8) is 0 Å². The largest absolute Gasteiger partial charge is 0.385 e. The van der Waals surface area contributed by atoms with Crippen LogP contribution in [0.25, 0.3) is 0 Å². The first-order chi connectivity index (χ1) is 8.63. The molecule has 1 heterocycles. The lowest BCUT2D eigenvalue weighted by molar-refractivity contribution is -0.146. The average Bonchev–Trinajstić information content (AvgIpc) is 2.64. The van der Waals surface area contributed by atoms with Crippen molar-refractivity contribution in [1.29, 1.82) is 0 Å². The third kappa shape index (κ3) is 2.72. The summed E-state index contributed by atoms with van der Waals surface area (Å²) in [5, 5.41) is 9.99. The van der Waals surface area contributed by atoms with Crippen molar-refractivity contribution < 1.29 is 19.3 Å². The summed E-state index contributed by atoms with van der Waals surface area (Å²) in [4.78, 5) is 0. The second-order valence-corrected chi connectivity index (χ2v) is 4.64. The Balaban J connectivity index is 1.96. The number of hydrogen-bond donors (Lipinski definition) is 1. The predicted molar refractivity (Wildman–Crippen MR) is 67.1 cm³/mol. The molecule has 1 aliphatic heterocycles. The Hall–Kier alpha value is -0.940. The van der Waals surface area contributed by atoms with Crippen molar-refractivity contribution in [3.05, 3.63) is 35.4 Å². The molecule has 18 heavy (non-hydrogen) atoms. The molecule has 0 amide bonds. The number of aryl methyl sites for hydroxylation is 1. The maximum absolute atomic E-state index is 9.99. The van der Waals surface area contributed by atoms with Crippen molar-refractivity contribution in [3.8, 4) is 0 Å². The molecule has 0 aliphatic carbocycles. The number of benzene rings is 1. The van der Waals surface area contributed by atoms with Crippen molar-refractivity contribution in [1.82, 2.24) is 0 Å². The zero-order valence-corrected chi connectivity index (χ0v) is 11.0. The standard InChI is InChI=1S/C14H20O4/c1-9-6-4-5-7-11(9)8-17-13-10(2)18-14(16-3)12(13)15/h4-7,10,12-15H,8H2,1-3H3/t10-,12-,13+,14+/m1/s1. The van der Waals surface area contributed by atoms with Gasteiger partial charge in [-0.2, -0.15) is 0 Å². The van der Waals surface area contributed by atoms with Crippen LogP contribution >= 0.6 is 0 Å². The van der Waals surface area contributed by atoms with Crippen molar-refractivity contribution in [2.45, 2.75) is 45.1 Å². The van der Waals surface area contributed by atoms with Gasteiger partial charge in [0.25, 0.3) is 0 Å². The van der Waals surface area contributed by atoms with Gasteiger partial charge in [0.15, 0.2) is 6.29 Å². The molecule has 0 saturated carbocycles. The fourth-order valence-electron chi connectivity index (χ4n) is 2.19. The molecule has 1 aromatic rings. The van der Waals surface area contributed by atoms with Gasteiger partial charge in [0.1, 0.15) is 12.2 Å². The van der Waals surface area contributed by atoms with Gasteiger partial charge < -0.3 is 19.3 Å². The SMILES string of the molecule is CO[C@H]1O[C@H](C)[C@H](OCc2ccccc2C)[C@H]1O. The van der Waals surface area contributed by atoms with E-state index in [-0.39, 0.29) is 12.2 Å². The van der Waals surface area contributed by atoms with Crippen LogP contribution < -0.4 is 0 Å². The van der Waals surface area contributed by atoms with E-state index in [1.54, 1.807) is 0 Å². The summed E-state index contributed by atoms with van der Waals surface area (Å²) >= 11 is 0. The summed E-state index contributed by atoms with van der Waals surface area (Å²) in [6.45, 7) is 4.39. The van der Waals surface area contributed by atoms with Gasteiger partial charge in [0.2, 0.25) is 0 Å². The summed E-state index contributed by atoms with van der Waals surface area (Å²) < 4.78 is 16.3. The smallest absolute Gasteiger partial charge is 0.186 e. The molecule has 0 bridgehead atoms. The summed E-state index contributed by atoms with van der Waals surface area (Å²) in [6.07, 6.45) is -1.86. The van der Waals surface area contributed by atoms with Gasteiger partial charge in [0.05, 0.1) is 12.7 Å². The second-order valence-electron chi connectivity index (χ2n) is 4.64. The van der Waals surface area contributed by atoms with Crippen LogP contribution in [0.2, 0.25) is 0 Å². The molecule has 4 heteroatoms. The highest BCUT2D eigenvalue weighted by molar-refractivity contribution is 5.24. The molecule has 1 N–H and O–H groups in total. The van der Waals surface area contributed by atoms with Crippen LogP contribution in [0.4, 0.5) is 0 Å². The molecule has 100 valence electrons. The molecule has 0 aromatic heterocycles. The van der Waals surface area contributed by atoms with Gasteiger partial charge in [0, 0.05) is 7.11 Å². The third-order valence-corrected chi connectivity index (χ3v) is 3.35. The van der Waals surface area contributed by atoms with Crippen LogP contribution in [0.1, 0.15) is 18.1 Å². The molecule has 1 aromatic carbocycles. The highest BCUT2D eigenvalue weighted by Crippen LogP contribution is 2.25. The number of aliphatic hydroxyl groups is 1. The third-order valence-electron chi connectivity index (χ3n) is 3.35. The molecule has 1 saturated heterocycles. The lowest BCUT2D eigenvalue weighted by atomic mass is 10.1. The number of methoxy groups -OCH3 is 1. The Morgan fingerprint density at radius 1 is 1.33 bits per heavy atom. The summed E-state index contributed by atoms with van der Waals surface area (Å²) in [6, 6.07) is 8.04. The highest BCUT2D eigenvalue weighted by Gasteiger charge is 2.42. The van der Waals surface area contributed by atoms with Crippen LogP contribution in [0.15, 0.2) is 24.3 Å². The summed E-state index contributed by atoms with van der Waals surface area (Å²) in [5.41, 5.74) is 2.31. The number of rotatable bonds is 4. The zero-order valence-electron chi connectivity index (χ0n) is 11.0. The first-order valence-electron chi connectivity index (χ1n) is 6.16. The van der Waals surface area contributed by atoms with Crippen LogP contribution in [-0.4, -0.2) is 36.8 Å². The van der Waals surface area contributed by atoms with Crippen LogP contribution in [0.3, 0.4) is 0 Å². The molecule has 0 radical (unpaired) electrons. The van der Waals surface area contributed by atoms with E-state index in [4.69, 9.17) is 14.2 Å². The number of hydrogen-bond acceptors (Lipinski definition) is 4. The minimum absolute atomic E-state index is 0.172. The van der Waals surface area contributed by atoms with E-state index in [2.05, 4.69) is 0 Å².